The van der Waals surface area contributed by atoms with E-state index in [0.717, 1.165) is 53.4 Å². The Balaban J connectivity index is 0.00000420. The van der Waals surface area contributed by atoms with Crippen molar-refractivity contribution < 1.29 is 18.3 Å². The molecule has 10 nitrogen and oxygen atoms in total. The molecule has 3 aromatic carbocycles. The lowest BCUT2D eigenvalue weighted by atomic mass is 10.0. The molecule has 208 valence electrons. The quantitative estimate of drug-likeness (QED) is 0.238. The molecule has 0 amide bonds. The molecular formula is C27H33ClN6O4S. The predicted octanol–water partition coefficient (Wildman–Crippen LogP) is 3.48. The molecule has 0 saturated carbocycles. The SMILES string of the molecule is CC(=N)N1CCCN(c2ccc(N(Cc3ccc4ccc(C(=N)N)cc4c3)S(=O)(=O)CC(=O)O)cc2)CC1.Cl. The van der Waals surface area contributed by atoms with Crippen LogP contribution in [0.4, 0.5) is 11.4 Å². The number of nitrogens with zero attached hydrogens (tertiary/aromatic N) is 3. The maximum atomic E-state index is 13.1. The van der Waals surface area contributed by atoms with Crippen LogP contribution >= 0.6 is 12.4 Å². The summed E-state index contributed by atoms with van der Waals surface area (Å²) in [5.74, 6) is -1.96. The van der Waals surface area contributed by atoms with Crippen LogP contribution in [0.5, 0.6) is 0 Å². The first kappa shape index (κ1) is 29.7. The van der Waals surface area contributed by atoms with Gasteiger partial charge in [0.15, 0.2) is 5.75 Å². The van der Waals surface area contributed by atoms with E-state index < -0.39 is 21.7 Å². The summed E-state index contributed by atoms with van der Waals surface area (Å²) in [4.78, 5) is 15.6. The number of halogens is 1. The Labute approximate surface area is 234 Å². The average molecular weight is 573 g/mol. The lowest BCUT2D eigenvalue weighted by molar-refractivity contribution is -0.134. The molecule has 1 saturated heterocycles. The molecule has 0 atom stereocenters. The van der Waals surface area contributed by atoms with Gasteiger partial charge >= 0.3 is 5.97 Å². The number of fused-ring (bicyclic) bond motifs is 1. The van der Waals surface area contributed by atoms with Crippen molar-refractivity contribution in [2.45, 2.75) is 19.9 Å². The lowest BCUT2D eigenvalue weighted by Gasteiger charge is -2.27. The Morgan fingerprint density at radius 2 is 1.67 bits per heavy atom. The number of sulfonamides is 1. The second kappa shape index (κ2) is 12.4. The van der Waals surface area contributed by atoms with Crippen molar-refractivity contribution in [3.8, 4) is 0 Å². The van der Waals surface area contributed by atoms with E-state index in [9.17, 15) is 18.3 Å². The zero-order valence-corrected chi connectivity index (χ0v) is 23.3. The summed E-state index contributed by atoms with van der Waals surface area (Å²) in [6.45, 7) is 4.87. The highest BCUT2D eigenvalue weighted by atomic mass is 35.5. The fraction of sp³-hybridized carbons (Fsp3) is 0.296. The van der Waals surface area contributed by atoms with Crippen molar-refractivity contribution in [3.63, 3.8) is 0 Å². The molecule has 0 aromatic heterocycles. The van der Waals surface area contributed by atoms with E-state index in [4.69, 9.17) is 16.6 Å². The zero-order chi connectivity index (χ0) is 27.4. The first-order valence-electron chi connectivity index (χ1n) is 12.3. The van der Waals surface area contributed by atoms with Gasteiger partial charge < -0.3 is 20.6 Å². The highest BCUT2D eigenvalue weighted by Crippen LogP contribution is 2.27. The van der Waals surface area contributed by atoms with E-state index in [0.29, 0.717) is 22.6 Å². The van der Waals surface area contributed by atoms with Crippen LogP contribution in [0.3, 0.4) is 0 Å². The molecule has 1 aliphatic rings. The molecule has 0 aliphatic carbocycles. The van der Waals surface area contributed by atoms with Gasteiger partial charge in [-0.1, -0.05) is 24.3 Å². The maximum absolute atomic E-state index is 13.1. The lowest BCUT2D eigenvalue weighted by Crippen LogP contribution is -2.35. The second-order valence-electron chi connectivity index (χ2n) is 9.40. The van der Waals surface area contributed by atoms with Crippen LogP contribution in [-0.4, -0.2) is 68.0 Å². The van der Waals surface area contributed by atoms with E-state index in [-0.39, 0.29) is 24.8 Å². The van der Waals surface area contributed by atoms with Gasteiger partial charge in [-0.25, -0.2) is 8.42 Å². The minimum absolute atomic E-state index is 0. The number of nitrogens with two attached hydrogens (primary N) is 1. The molecule has 1 heterocycles. The summed E-state index contributed by atoms with van der Waals surface area (Å²) >= 11 is 0. The van der Waals surface area contributed by atoms with Crippen molar-refractivity contribution in [2.24, 2.45) is 5.73 Å². The summed E-state index contributed by atoms with van der Waals surface area (Å²) < 4.78 is 27.4. The van der Waals surface area contributed by atoms with Crippen molar-refractivity contribution >= 4 is 62.2 Å². The molecule has 0 unspecified atom stereocenters. The number of benzene rings is 3. The molecule has 0 spiro atoms. The maximum Gasteiger partial charge on any atom is 0.320 e. The number of hydrogen-bond donors (Lipinski definition) is 4. The van der Waals surface area contributed by atoms with Crippen molar-refractivity contribution in [3.05, 3.63) is 71.8 Å². The third-order valence-electron chi connectivity index (χ3n) is 6.66. The zero-order valence-electron chi connectivity index (χ0n) is 21.6. The summed E-state index contributed by atoms with van der Waals surface area (Å²) in [5.41, 5.74) is 8.17. The summed E-state index contributed by atoms with van der Waals surface area (Å²) in [6.07, 6.45) is 0.907. The molecule has 1 aliphatic heterocycles. The van der Waals surface area contributed by atoms with Crippen molar-refractivity contribution in [1.82, 2.24) is 4.90 Å². The highest BCUT2D eigenvalue weighted by molar-refractivity contribution is 7.93. The number of aliphatic carboxylic acids is 1. The van der Waals surface area contributed by atoms with Crippen LogP contribution in [0, 0.1) is 10.8 Å². The van der Waals surface area contributed by atoms with Gasteiger partial charge in [0.25, 0.3) is 0 Å². The number of carboxylic acid groups (broad SMARTS) is 1. The molecule has 4 rings (SSSR count). The molecule has 1 fully saturated rings. The van der Waals surface area contributed by atoms with Gasteiger partial charge in [-0.15, -0.1) is 12.4 Å². The smallest absolute Gasteiger partial charge is 0.320 e. The minimum Gasteiger partial charge on any atom is -0.480 e. The number of amidine groups is 2. The Hall–Kier alpha value is -3.83. The topological polar surface area (TPSA) is 155 Å². The summed E-state index contributed by atoms with van der Waals surface area (Å²) in [7, 11) is -4.17. The monoisotopic (exact) mass is 572 g/mol. The molecular weight excluding hydrogens is 540 g/mol. The van der Waals surface area contributed by atoms with Crippen molar-refractivity contribution in [1.29, 1.82) is 10.8 Å². The Kier molecular flexibility index (Phi) is 9.41. The van der Waals surface area contributed by atoms with E-state index in [1.54, 1.807) is 31.2 Å². The largest absolute Gasteiger partial charge is 0.480 e. The van der Waals surface area contributed by atoms with Gasteiger partial charge in [0.2, 0.25) is 10.0 Å². The Bertz CT molecular complexity index is 1480. The number of carbonyl (C=O) groups is 1. The normalized spacial score (nSPS) is 13.9. The van der Waals surface area contributed by atoms with Gasteiger partial charge in [-0.3, -0.25) is 19.9 Å². The fourth-order valence-electron chi connectivity index (χ4n) is 4.65. The standard InChI is InChI=1S/C27H32N6O4S.ClH/c1-19(28)31-11-2-12-32(14-13-31)24-7-9-25(10-8-24)33(38(36,37)18-26(34)35)17-20-3-4-21-5-6-22(27(29)30)16-23(21)15-20;/h3-10,15-16,28H,2,11-14,17-18H2,1H3,(H3,29,30)(H,34,35);1H. The number of carboxylic acids is 1. The van der Waals surface area contributed by atoms with Crippen molar-refractivity contribution in [2.75, 3.05) is 41.1 Å². The van der Waals surface area contributed by atoms with E-state index in [1.165, 1.54) is 0 Å². The number of nitrogens with one attached hydrogen (secondary N) is 2. The number of rotatable bonds is 8. The van der Waals surface area contributed by atoms with E-state index in [1.807, 2.05) is 41.3 Å². The van der Waals surface area contributed by atoms with Crippen LogP contribution in [0.2, 0.25) is 0 Å². The number of anilines is 2. The van der Waals surface area contributed by atoms with Crippen LogP contribution in [0.1, 0.15) is 24.5 Å². The first-order chi connectivity index (χ1) is 18.0. The van der Waals surface area contributed by atoms with Gasteiger partial charge in [0, 0.05) is 37.4 Å². The summed E-state index contributed by atoms with van der Waals surface area (Å²) in [6, 6.07) is 18.0. The van der Waals surface area contributed by atoms with Crippen LogP contribution in [-0.2, 0) is 21.4 Å². The van der Waals surface area contributed by atoms with Crippen LogP contribution < -0.4 is 14.9 Å². The summed E-state index contributed by atoms with van der Waals surface area (Å²) in [5, 5.41) is 26.6. The predicted molar refractivity (Wildman–Crippen MR) is 158 cm³/mol. The van der Waals surface area contributed by atoms with Gasteiger partial charge in [-0.2, -0.15) is 0 Å². The van der Waals surface area contributed by atoms with Crippen LogP contribution in [0.25, 0.3) is 10.8 Å². The average Bonchev–Trinajstić information content (AvgIpc) is 3.13. The van der Waals surface area contributed by atoms with Gasteiger partial charge in [0.05, 0.1) is 18.1 Å². The first-order valence-corrected chi connectivity index (χ1v) is 13.9. The molecule has 39 heavy (non-hydrogen) atoms. The highest BCUT2D eigenvalue weighted by Gasteiger charge is 2.26. The number of nitrogen functional groups attached to an aromatic ring is 1. The molecule has 0 bridgehead atoms. The molecule has 5 N–H and O–H groups in total. The third kappa shape index (κ3) is 7.18. The van der Waals surface area contributed by atoms with Crippen LogP contribution in [0.15, 0.2) is 60.7 Å². The second-order valence-corrected chi connectivity index (χ2v) is 11.3. The molecule has 0 radical (unpaired) electrons. The van der Waals surface area contributed by atoms with E-state index >= 15 is 0 Å². The minimum atomic E-state index is -4.17. The Morgan fingerprint density at radius 3 is 2.31 bits per heavy atom. The fourth-order valence-corrected chi connectivity index (χ4v) is 5.91. The Morgan fingerprint density at radius 1 is 0.974 bits per heavy atom. The number of hydrogen-bond acceptors (Lipinski definition) is 6. The molecule has 3 aromatic rings. The molecule has 12 heteroatoms. The van der Waals surface area contributed by atoms with Gasteiger partial charge in [-0.05, 0) is 66.1 Å². The van der Waals surface area contributed by atoms with Gasteiger partial charge in [0.1, 0.15) is 5.84 Å². The van der Waals surface area contributed by atoms with E-state index in [2.05, 4.69) is 4.90 Å². The third-order valence-corrected chi connectivity index (χ3v) is 8.28.